The number of carbonyl (C=O) groups excluding carboxylic acids is 1. The third-order valence-corrected chi connectivity index (χ3v) is 5.54. The summed E-state index contributed by atoms with van der Waals surface area (Å²) in [5, 5.41) is 7.02. The minimum atomic E-state index is -0.345. The van der Waals surface area contributed by atoms with Crippen molar-refractivity contribution in [3.8, 4) is 16.3 Å². The predicted octanol–water partition coefficient (Wildman–Crippen LogP) is 6.08. The Labute approximate surface area is 177 Å². The van der Waals surface area contributed by atoms with Gasteiger partial charge >= 0.3 is 6.03 Å². The molecule has 5 nitrogen and oxygen atoms in total. The second-order valence-electron chi connectivity index (χ2n) is 6.44. The summed E-state index contributed by atoms with van der Waals surface area (Å²) in [7, 11) is 0. The summed E-state index contributed by atoms with van der Waals surface area (Å²) in [5.41, 5.74) is 3.92. The third-order valence-electron chi connectivity index (χ3n) is 4.22. The summed E-state index contributed by atoms with van der Waals surface area (Å²) < 4.78 is 6.61. The summed E-state index contributed by atoms with van der Waals surface area (Å²) in [6.07, 6.45) is 0. The number of ether oxygens (including phenoxy) is 1. The molecule has 0 fully saturated rings. The van der Waals surface area contributed by atoms with Crippen LogP contribution in [0.25, 0.3) is 20.8 Å². The lowest BCUT2D eigenvalue weighted by Crippen LogP contribution is -2.31. The summed E-state index contributed by atoms with van der Waals surface area (Å²) in [6, 6.07) is 20.4. The summed E-state index contributed by atoms with van der Waals surface area (Å²) in [4.78, 5) is 16.7. The van der Waals surface area contributed by atoms with Gasteiger partial charge in [-0.25, -0.2) is 9.78 Å². The second-order valence-corrected chi connectivity index (χ2v) is 7.91. The van der Waals surface area contributed by atoms with Gasteiger partial charge in [-0.1, -0.05) is 17.7 Å². The number of thiazole rings is 1. The monoisotopic (exact) mass is 423 g/mol. The van der Waals surface area contributed by atoms with Gasteiger partial charge in [-0.3, -0.25) is 0 Å². The Morgan fingerprint density at radius 2 is 1.83 bits per heavy atom. The molecule has 0 aliphatic heterocycles. The highest BCUT2D eigenvalue weighted by atomic mass is 35.5. The van der Waals surface area contributed by atoms with E-state index in [1.54, 1.807) is 35.6 Å². The van der Waals surface area contributed by atoms with Crippen molar-refractivity contribution in [1.29, 1.82) is 0 Å². The first-order valence-electron chi connectivity index (χ1n) is 8.98. The molecule has 0 aliphatic rings. The number of aryl methyl sites for hydroxylation is 1. The highest BCUT2D eigenvalue weighted by Crippen LogP contribution is 2.31. The lowest BCUT2D eigenvalue weighted by Gasteiger charge is -2.09. The van der Waals surface area contributed by atoms with Gasteiger partial charge in [0, 0.05) is 16.3 Å². The quantitative estimate of drug-likeness (QED) is 0.382. The van der Waals surface area contributed by atoms with Crippen LogP contribution in [0.15, 0.2) is 66.7 Å². The lowest BCUT2D eigenvalue weighted by atomic mass is 10.2. The summed E-state index contributed by atoms with van der Waals surface area (Å²) in [6.45, 7) is 2.13. The van der Waals surface area contributed by atoms with Crippen molar-refractivity contribution in [2.24, 2.45) is 0 Å². The Hall–Kier alpha value is -3.09. The van der Waals surface area contributed by atoms with Crippen LogP contribution in [0.4, 0.5) is 10.5 Å². The number of hydrogen-bond donors (Lipinski definition) is 2. The molecule has 2 N–H and O–H groups in total. The lowest BCUT2D eigenvalue weighted by molar-refractivity contribution is 0.234. The standard InChI is InChI=1S/C22H18ClN3O2S/c1-14-2-11-19-20(12-14)29-21(26-19)15-3-7-17(8-4-15)25-22(27)24-13-28-18-9-5-16(23)6-10-18/h2-12H,13H2,1H3,(H2,24,25,27). The Bertz CT molecular complexity index is 1140. The maximum Gasteiger partial charge on any atom is 0.321 e. The fraction of sp³-hybridized carbons (Fsp3) is 0.0909. The van der Waals surface area contributed by atoms with Crippen LogP contribution in [0.2, 0.25) is 5.02 Å². The van der Waals surface area contributed by atoms with E-state index < -0.39 is 0 Å². The molecule has 4 aromatic rings. The van der Waals surface area contributed by atoms with E-state index in [4.69, 9.17) is 16.3 Å². The molecule has 1 heterocycles. The molecule has 0 unspecified atom stereocenters. The maximum absolute atomic E-state index is 12.0. The molecule has 29 heavy (non-hydrogen) atoms. The van der Waals surface area contributed by atoms with Crippen molar-refractivity contribution < 1.29 is 9.53 Å². The van der Waals surface area contributed by atoms with Crippen LogP contribution in [-0.2, 0) is 0 Å². The molecule has 0 spiro atoms. The van der Waals surface area contributed by atoms with Crippen molar-refractivity contribution in [3.05, 3.63) is 77.3 Å². The number of amides is 2. The topological polar surface area (TPSA) is 63.2 Å². The number of carbonyl (C=O) groups is 1. The molecule has 0 saturated heterocycles. The van der Waals surface area contributed by atoms with Gasteiger partial charge in [0.1, 0.15) is 10.8 Å². The van der Waals surface area contributed by atoms with E-state index in [2.05, 4.69) is 34.7 Å². The van der Waals surface area contributed by atoms with Crippen LogP contribution < -0.4 is 15.4 Å². The van der Waals surface area contributed by atoms with Crippen molar-refractivity contribution >= 4 is 44.9 Å². The predicted molar refractivity (Wildman–Crippen MR) is 119 cm³/mol. The number of rotatable bonds is 5. The fourth-order valence-corrected chi connectivity index (χ4v) is 3.94. The van der Waals surface area contributed by atoms with Gasteiger partial charge in [0.2, 0.25) is 0 Å². The number of halogens is 1. The molecular formula is C22H18ClN3O2S. The van der Waals surface area contributed by atoms with Crippen molar-refractivity contribution in [1.82, 2.24) is 10.3 Å². The number of aromatic nitrogens is 1. The molecule has 4 rings (SSSR count). The van der Waals surface area contributed by atoms with Crippen molar-refractivity contribution in [2.45, 2.75) is 6.92 Å². The van der Waals surface area contributed by atoms with Gasteiger partial charge in [0.05, 0.1) is 10.2 Å². The Morgan fingerprint density at radius 1 is 1.07 bits per heavy atom. The first-order valence-corrected chi connectivity index (χ1v) is 10.2. The first kappa shape index (κ1) is 19.2. The number of fused-ring (bicyclic) bond motifs is 1. The van der Waals surface area contributed by atoms with Gasteiger partial charge in [-0.2, -0.15) is 0 Å². The Kier molecular flexibility index (Phi) is 5.64. The normalized spacial score (nSPS) is 10.7. The van der Waals surface area contributed by atoms with Crippen LogP contribution in [0.5, 0.6) is 5.75 Å². The van der Waals surface area contributed by atoms with Crippen LogP contribution in [0.3, 0.4) is 0 Å². The van der Waals surface area contributed by atoms with E-state index in [1.807, 2.05) is 30.3 Å². The van der Waals surface area contributed by atoms with Crippen molar-refractivity contribution in [3.63, 3.8) is 0 Å². The van der Waals surface area contributed by atoms with E-state index in [9.17, 15) is 4.79 Å². The molecule has 1 aromatic heterocycles. The first-order chi connectivity index (χ1) is 14.1. The number of benzene rings is 3. The molecule has 0 bridgehead atoms. The smallest absolute Gasteiger partial charge is 0.321 e. The van der Waals surface area contributed by atoms with E-state index >= 15 is 0 Å². The van der Waals surface area contributed by atoms with Gasteiger partial charge in [0.15, 0.2) is 6.73 Å². The molecule has 0 aliphatic carbocycles. The van der Waals surface area contributed by atoms with Crippen molar-refractivity contribution in [2.75, 3.05) is 12.0 Å². The molecule has 0 radical (unpaired) electrons. The maximum atomic E-state index is 12.0. The molecule has 2 amide bonds. The molecule has 7 heteroatoms. The van der Waals surface area contributed by atoms with Crippen LogP contribution in [0, 0.1) is 6.92 Å². The van der Waals surface area contributed by atoms with Gasteiger partial charge < -0.3 is 15.4 Å². The summed E-state index contributed by atoms with van der Waals surface area (Å²) in [5.74, 6) is 0.630. The van der Waals surface area contributed by atoms with E-state index in [-0.39, 0.29) is 12.8 Å². The zero-order valence-electron chi connectivity index (χ0n) is 15.6. The third kappa shape index (κ3) is 4.85. The highest BCUT2D eigenvalue weighted by Gasteiger charge is 2.07. The Morgan fingerprint density at radius 3 is 2.59 bits per heavy atom. The average molecular weight is 424 g/mol. The molecule has 146 valence electrons. The fourth-order valence-electron chi connectivity index (χ4n) is 2.74. The minimum absolute atomic E-state index is 0.0523. The van der Waals surface area contributed by atoms with Gasteiger partial charge in [-0.05, 0) is 73.2 Å². The number of nitrogens with one attached hydrogen (secondary N) is 2. The Balaban J connectivity index is 1.33. The van der Waals surface area contributed by atoms with Crippen LogP contribution in [-0.4, -0.2) is 17.7 Å². The molecule has 0 saturated carbocycles. The number of hydrogen-bond acceptors (Lipinski definition) is 4. The number of nitrogens with zero attached hydrogens (tertiary/aromatic N) is 1. The largest absolute Gasteiger partial charge is 0.473 e. The van der Waals surface area contributed by atoms with E-state index in [0.29, 0.717) is 16.5 Å². The zero-order chi connectivity index (χ0) is 20.2. The van der Waals surface area contributed by atoms with Gasteiger partial charge in [-0.15, -0.1) is 11.3 Å². The van der Waals surface area contributed by atoms with Gasteiger partial charge in [0.25, 0.3) is 0 Å². The van der Waals surface area contributed by atoms with Crippen LogP contribution >= 0.6 is 22.9 Å². The van der Waals surface area contributed by atoms with Crippen LogP contribution in [0.1, 0.15) is 5.56 Å². The molecular weight excluding hydrogens is 406 g/mol. The second kappa shape index (κ2) is 8.51. The molecule has 3 aromatic carbocycles. The summed E-state index contributed by atoms with van der Waals surface area (Å²) >= 11 is 7.48. The average Bonchev–Trinajstić information content (AvgIpc) is 3.13. The minimum Gasteiger partial charge on any atom is -0.473 e. The number of urea groups is 1. The SMILES string of the molecule is Cc1ccc2nc(-c3ccc(NC(=O)NCOc4ccc(Cl)cc4)cc3)sc2c1. The highest BCUT2D eigenvalue weighted by molar-refractivity contribution is 7.21. The zero-order valence-corrected chi connectivity index (χ0v) is 17.2. The molecule has 0 atom stereocenters. The van der Waals surface area contributed by atoms with E-state index in [0.717, 1.165) is 16.1 Å². The van der Waals surface area contributed by atoms with E-state index in [1.165, 1.54) is 10.3 Å². The number of anilines is 1.